The van der Waals surface area contributed by atoms with Crippen LogP contribution in [0.15, 0.2) is 11.8 Å². The molecule has 2 aliphatic heterocycles. The van der Waals surface area contributed by atoms with Gasteiger partial charge in [-0.3, -0.25) is 10.1 Å². The van der Waals surface area contributed by atoms with Crippen LogP contribution in [-0.2, 0) is 9.53 Å². The molecule has 0 aliphatic carbocycles. The Hall–Kier alpha value is -1.07. The number of rotatable bonds is 3. The molecular formula is C13H23N3O2. The molecule has 2 aliphatic rings. The number of hydrogen-bond donors (Lipinski definition) is 2. The lowest BCUT2D eigenvalue weighted by atomic mass is 9.99. The van der Waals surface area contributed by atoms with Crippen molar-refractivity contribution in [3.05, 3.63) is 11.8 Å². The van der Waals surface area contributed by atoms with Crippen LogP contribution in [-0.4, -0.2) is 48.7 Å². The van der Waals surface area contributed by atoms with Crippen molar-refractivity contribution in [1.82, 2.24) is 10.2 Å². The summed E-state index contributed by atoms with van der Waals surface area (Å²) in [6.07, 6.45) is 2.13. The number of carbonyl (C=O) groups is 1. The molecule has 0 amide bonds. The summed E-state index contributed by atoms with van der Waals surface area (Å²) in [5.74, 6) is 0.0944. The number of ether oxygens (including phenoxy) is 1. The van der Waals surface area contributed by atoms with Crippen molar-refractivity contribution in [2.75, 3.05) is 26.2 Å². The van der Waals surface area contributed by atoms with Gasteiger partial charge in [0.1, 0.15) is 11.6 Å². The number of nitrogens with two attached hydrogens (primary N) is 1. The third-order valence-corrected chi connectivity index (χ3v) is 3.26. The fourth-order valence-electron chi connectivity index (χ4n) is 2.55. The maximum Gasteiger partial charge on any atom is 0.324 e. The molecule has 102 valence electrons. The number of hydrogen-bond acceptors (Lipinski definition) is 5. The fourth-order valence-corrected chi connectivity index (χ4v) is 2.55. The molecule has 0 spiro atoms. The van der Waals surface area contributed by atoms with Crippen LogP contribution in [0, 0.1) is 5.92 Å². The van der Waals surface area contributed by atoms with Crippen LogP contribution in [0.4, 0.5) is 0 Å². The summed E-state index contributed by atoms with van der Waals surface area (Å²) in [6, 6.07) is -0.210. The van der Waals surface area contributed by atoms with E-state index in [0.29, 0.717) is 6.54 Å². The molecule has 1 saturated heterocycles. The molecular weight excluding hydrogens is 230 g/mol. The lowest BCUT2D eigenvalue weighted by Gasteiger charge is -2.25. The van der Waals surface area contributed by atoms with Gasteiger partial charge in [-0.05, 0) is 32.5 Å². The van der Waals surface area contributed by atoms with E-state index < -0.39 is 5.60 Å². The SMILES string of the molecule is CC(C)(C)OC(=O)C1NCC2=CN(CCN)CC21. The number of nitrogens with one attached hydrogen (secondary N) is 1. The summed E-state index contributed by atoms with van der Waals surface area (Å²) in [4.78, 5) is 14.3. The Labute approximate surface area is 108 Å². The summed E-state index contributed by atoms with van der Waals surface area (Å²) in [6.45, 7) is 8.81. The summed E-state index contributed by atoms with van der Waals surface area (Å²) in [5.41, 5.74) is 6.42. The zero-order valence-electron chi connectivity index (χ0n) is 11.4. The van der Waals surface area contributed by atoms with Gasteiger partial charge < -0.3 is 15.4 Å². The first-order valence-corrected chi connectivity index (χ1v) is 6.51. The molecule has 5 nitrogen and oxygen atoms in total. The molecule has 0 aromatic carbocycles. The zero-order valence-corrected chi connectivity index (χ0v) is 11.4. The second kappa shape index (κ2) is 4.90. The van der Waals surface area contributed by atoms with Crippen LogP contribution in [0.25, 0.3) is 0 Å². The van der Waals surface area contributed by atoms with Crippen molar-refractivity contribution in [1.29, 1.82) is 0 Å². The minimum Gasteiger partial charge on any atom is -0.459 e. The summed E-state index contributed by atoms with van der Waals surface area (Å²) >= 11 is 0. The predicted molar refractivity (Wildman–Crippen MR) is 69.8 cm³/mol. The van der Waals surface area contributed by atoms with Crippen LogP contribution in [0.1, 0.15) is 20.8 Å². The summed E-state index contributed by atoms with van der Waals surface area (Å²) in [7, 11) is 0. The van der Waals surface area contributed by atoms with Crippen molar-refractivity contribution < 1.29 is 9.53 Å². The fraction of sp³-hybridized carbons (Fsp3) is 0.769. The van der Waals surface area contributed by atoms with E-state index in [9.17, 15) is 4.79 Å². The van der Waals surface area contributed by atoms with Gasteiger partial charge in [0, 0.05) is 32.1 Å². The lowest BCUT2D eigenvalue weighted by molar-refractivity contribution is -0.158. The van der Waals surface area contributed by atoms with Gasteiger partial charge in [0.15, 0.2) is 0 Å². The van der Waals surface area contributed by atoms with Gasteiger partial charge in [0.05, 0.1) is 0 Å². The smallest absolute Gasteiger partial charge is 0.324 e. The van der Waals surface area contributed by atoms with Gasteiger partial charge >= 0.3 is 5.97 Å². The van der Waals surface area contributed by atoms with Gasteiger partial charge in [0.2, 0.25) is 0 Å². The van der Waals surface area contributed by atoms with E-state index in [2.05, 4.69) is 16.4 Å². The Kier molecular flexibility index (Phi) is 3.64. The Morgan fingerprint density at radius 2 is 2.33 bits per heavy atom. The van der Waals surface area contributed by atoms with E-state index >= 15 is 0 Å². The second-order valence-corrected chi connectivity index (χ2v) is 5.99. The predicted octanol–water partition coefficient (Wildman–Crippen LogP) is 0.0743. The molecule has 2 unspecified atom stereocenters. The maximum absolute atomic E-state index is 12.1. The van der Waals surface area contributed by atoms with E-state index in [-0.39, 0.29) is 17.9 Å². The second-order valence-electron chi connectivity index (χ2n) is 5.99. The van der Waals surface area contributed by atoms with E-state index in [0.717, 1.165) is 19.6 Å². The van der Waals surface area contributed by atoms with Gasteiger partial charge in [-0.1, -0.05) is 0 Å². The van der Waals surface area contributed by atoms with Crippen molar-refractivity contribution in [3.8, 4) is 0 Å². The number of fused-ring (bicyclic) bond motifs is 1. The number of esters is 1. The maximum atomic E-state index is 12.1. The Balaban J connectivity index is 1.98. The highest BCUT2D eigenvalue weighted by molar-refractivity contribution is 5.78. The molecule has 0 radical (unpaired) electrons. The summed E-state index contributed by atoms with van der Waals surface area (Å²) < 4.78 is 5.45. The quantitative estimate of drug-likeness (QED) is 0.697. The minimum atomic E-state index is -0.430. The standard InChI is InChI=1S/C13H23N3O2/c1-13(2,3)18-12(17)11-10-8-16(5-4-14)7-9(10)6-15-11/h7,10-11,15H,4-6,8,14H2,1-3H3. The van der Waals surface area contributed by atoms with Crippen molar-refractivity contribution in [2.24, 2.45) is 11.7 Å². The average molecular weight is 253 g/mol. The molecule has 5 heteroatoms. The van der Waals surface area contributed by atoms with Gasteiger partial charge in [-0.25, -0.2) is 0 Å². The van der Waals surface area contributed by atoms with E-state index in [1.165, 1.54) is 5.57 Å². The van der Waals surface area contributed by atoms with Crippen molar-refractivity contribution >= 4 is 5.97 Å². The first-order chi connectivity index (χ1) is 8.40. The van der Waals surface area contributed by atoms with Gasteiger partial charge in [-0.2, -0.15) is 0 Å². The molecule has 3 N–H and O–H groups in total. The van der Waals surface area contributed by atoms with E-state index in [1.807, 2.05) is 20.8 Å². The largest absolute Gasteiger partial charge is 0.459 e. The molecule has 2 heterocycles. The third kappa shape index (κ3) is 2.84. The van der Waals surface area contributed by atoms with Crippen molar-refractivity contribution in [2.45, 2.75) is 32.4 Å². The first-order valence-electron chi connectivity index (χ1n) is 6.51. The highest BCUT2D eigenvalue weighted by Crippen LogP contribution is 2.30. The monoisotopic (exact) mass is 253 g/mol. The van der Waals surface area contributed by atoms with Crippen LogP contribution in [0.2, 0.25) is 0 Å². The Morgan fingerprint density at radius 3 is 2.94 bits per heavy atom. The molecule has 0 bridgehead atoms. The zero-order chi connectivity index (χ0) is 13.3. The molecule has 0 aromatic rings. The van der Waals surface area contributed by atoms with Crippen LogP contribution in [0.3, 0.4) is 0 Å². The van der Waals surface area contributed by atoms with E-state index in [1.54, 1.807) is 0 Å². The molecule has 0 saturated carbocycles. The third-order valence-electron chi connectivity index (χ3n) is 3.26. The van der Waals surface area contributed by atoms with E-state index in [4.69, 9.17) is 10.5 Å². The van der Waals surface area contributed by atoms with Crippen molar-refractivity contribution in [3.63, 3.8) is 0 Å². The normalized spacial score (nSPS) is 27.1. The topological polar surface area (TPSA) is 67.6 Å². The molecule has 2 rings (SSSR count). The highest BCUT2D eigenvalue weighted by atomic mass is 16.6. The van der Waals surface area contributed by atoms with Crippen LogP contribution in [0.5, 0.6) is 0 Å². The lowest BCUT2D eigenvalue weighted by Crippen LogP contribution is -2.43. The Morgan fingerprint density at radius 1 is 1.61 bits per heavy atom. The first kappa shape index (κ1) is 13.4. The van der Waals surface area contributed by atoms with Gasteiger partial charge in [0.25, 0.3) is 0 Å². The average Bonchev–Trinajstić information content (AvgIpc) is 2.73. The van der Waals surface area contributed by atoms with Gasteiger partial charge in [-0.15, -0.1) is 0 Å². The molecule has 2 atom stereocenters. The number of nitrogens with zero attached hydrogens (tertiary/aromatic N) is 1. The summed E-state index contributed by atoms with van der Waals surface area (Å²) in [5, 5.41) is 3.24. The van der Waals surface area contributed by atoms with Crippen LogP contribution >= 0.6 is 0 Å². The molecule has 0 aromatic heterocycles. The number of carbonyl (C=O) groups excluding carboxylic acids is 1. The molecule has 18 heavy (non-hydrogen) atoms. The van der Waals surface area contributed by atoms with Crippen LogP contribution < -0.4 is 11.1 Å². The molecule has 1 fully saturated rings. The Bertz CT molecular complexity index is 360. The minimum absolute atomic E-state index is 0.148. The highest BCUT2D eigenvalue weighted by Gasteiger charge is 2.42.